The van der Waals surface area contributed by atoms with Crippen LogP contribution in [-0.2, 0) is 10.5 Å². The highest BCUT2D eigenvalue weighted by atomic mass is 32.1. The van der Waals surface area contributed by atoms with Crippen molar-refractivity contribution in [2.45, 2.75) is 17.9 Å². The number of ketones is 1. The number of hydrogen-bond acceptors (Lipinski definition) is 5. The summed E-state index contributed by atoms with van der Waals surface area (Å²) in [5.41, 5.74) is -2.47. The van der Waals surface area contributed by atoms with E-state index in [1.165, 1.54) is 35.8 Å². The highest BCUT2D eigenvalue weighted by Crippen LogP contribution is 2.43. The van der Waals surface area contributed by atoms with E-state index in [4.69, 9.17) is 0 Å². The van der Waals surface area contributed by atoms with Crippen LogP contribution in [0.4, 0.5) is 18.0 Å². The molecule has 0 radical (unpaired) electrons. The molecule has 3 rings (SSSR count). The molecule has 0 bridgehead atoms. The third-order valence-corrected chi connectivity index (χ3v) is 4.83. The van der Waals surface area contributed by atoms with Crippen LogP contribution in [0.5, 0.6) is 0 Å². The zero-order valence-corrected chi connectivity index (χ0v) is 13.3. The van der Waals surface area contributed by atoms with Gasteiger partial charge in [-0.2, -0.15) is 13.2 Å². The van der Waals surface area contributed by atoms with Crippen LogP contribution in [-0.4, -0.2) is 28.1 Å². The first kappa shape index (κ1) is 17.4. The van der Waals surface area contributed by atoms with E-state index in [2.05, 4.69) is 15.6 Å². The van der Waals surface area contributed by atoms with Gasteiger partial charge in [0.15, 0.2) is 5.72 Å². The number of rotatable bonds is 3. The van der Waals surface area contributed by atoms with E-state index in [-0.39, 0.29) is 10.6 Å². The van der Waals surface area contributed by atoms with E-state index in [9.17, 15) is 27.9 Å². The van der Waals surface area contributed by atoms with Crippen molar-refractivity contribution in [3.05, 3.63) is 52.5 Å². The lowest BCUT2D eigenvalue weighted by Crippen LogP contribution is -2.66. The maximum Gasteiger partial charge on any atom is 0.450 e. The van der Waals surface area contributed by atoms with Crippen molar-refractivity contribution in [3.63, 3.8) is 0 Å². The van der Waals surface area contributed by atoms with Crippen LogP contribution in [0.1, 0.15) is 16.6 Å². The number of nitrogens with zero attached hydrogens (tertiary/aromatic N) is 1. The molecule has 25 heavy (non-hydrogen) atoms. The first-order chi connectivity index (χ1) is 11.7. The summed E-state index contributed by atoms with van der Waals surface area (Å²) in [6, 6.07) is 4.92. The van der Waals surface area contributed by atoms with Crippen molar-refractivity contribution < 1.29 is 27.9 Å². The average molecular weight is 371 g/mol. The minimum atomic E-state index is -5.20. The highest BCUT2D eigenvalue weighted by Gasteiger charge is 2.59. The van der Waals surface area contributed by atoms with Gasteiger partial charge in [-0.05, 0) is 23.6 Å². The van der Waals surface area contributed by atoms with Gasteiger partial charge in [-0.15, -0.1) is 11.3 Å². The van der Waals surface area contributed by atoms with Crippen molar-refractivity contribution >= 4 is 23.2 Å². The summed E-state index contributed by atoms with van der Waals surface area (Å²) in [6.45, 7) is 0. The van der Waals surface area contributed by atoms with Crippen LogP contribution >= 0.6 is 11.3 Å². The van der Waals surface area contributed by atoms with Gasteiger partial charge in [-0.1, -0.05) is 12.1 Å². The largest absolute Gasteiger partial charge is 0.450 e. The molecule has 1 aliphatic heterocycles. The Labute approximate surface area is 143 Å². The summed E-state index contributed by atoms with van der Waals surface area (Å²) in [4.78, 5) is 28.0. The molecule has 10 heteroatoms. The number of hydrogen-bond donors (Lipinski definition) is 3. The zero-order valence-electron chi connectivity index (χ0n) is 12.4. The number of carbonyl (C=O) groups excluding carboxylic acids is 2. The van der Waals surface area contributed by atoms with Gasteiger partial charge in [-0.25, -0.2) is 4.79 Å². The van der Waals surface area contributed by atoms with Gasteiger partial charge in [-0.3, -0.25) is 9.78 Å². The van der Waals surface area contributed by atoms with Crippen LogP contribution < -0.4 is 10.6 Å². The summed E-state index contributed by atoms with van der Waals surface area (Å²) in [5.74, 6) is -4.20. The number of carbonyl (C=O) groups is 2. The standard InChI is InChI=1S/C15H12F3N3O3S/c16-15(17,18)12(22)10-11(8-4-1-2-6-19-8)20-13(23)21-14(10,24)9-5-3-7-25-9/h1-7,10-11,24H,(H2,20,21,23). The Balaban J connectivity index is 2.16. The van der Waals surface area contributed by atoms with Gasteiger partial charge < -0.3 is 15.7 Å². The quantitative estimate of drug-likeness (QED) is 0.771. The number of nitrogens with one attached hydrogen (secondary N) is 2. The number of thiophene rings is 1. The van der Waals surface area contributed by atoms with E-state index in [0.717, 1.165) is 11.3 Å². The molecule has 0 saturated carbocycles. The average Bonchev–Trinajstić information content (AvgIpc) is 3.09. The molecule has 1 aliphatic rings. The molecule has 6 nitrogen and oxygen atoms in total. The number of Topliss-reactive ketones (excluding diaryl/α,β-unsaturated/α-hetero) is 1. The van der Waals surface area contributed by atoms with Crippen LogP contribution in [0.15, 0.2) is 41.9 Å². The topological polar surface area (TPSA) is 91.3 Å². The predicted octanol–water partition coefficient (Wildman–Crippen LogP) is 2.09. The van der Waals surface area contributed by atoms with E-state index in [1.54, 1.807) is 6.07 Å². The smallest absolute Gasteiger partial charge is 0.365 e. The van der Waals surface area contributed by atoms with Crippen LogP contribution in [0.2, 0.25) is 0 Å². The predicted molar refractivity (Wildman–Crippen MR) is 81.4 cm³/mol. The van der Waals surface area contributed by atoms with Gasteiger partial charge in [0.05, 0.1) is 16.6 Å². The Morgan fingerprint density at radius 1 is 1.28 bits per heavy atom. The van der Waals surface area contributed by atoms with Crippen LogP contribution in [0.3, 0.4) is 0 Å². The van der Waals surface area contributed by atoms with Crippen molar-refractivity contribution in [2.24, 2.45) is 5.92 Å². The number of halogens is 3. The van der Waals surface area contributed by atoms with Gasteiger partial charge >= 0.3 is 12.2 Å². The molecule has 3 heterocycles. The molecule has 0 aliphatic carbocycles. The summed E-state index contributed by atoms with van der Waals surface area (Å²) in [6.07, 6.45) is -3.88. The lowest BCUT2D eigenvalue weighted by atomic mass is 9.80. The number of alkyl halides is 3. The Bertz CT molecular complexity index is 782. The molecule has 132 valence electrons. The van der Waals surface area contributed by atoms with E-state index in [1.807, 2.05) is 0 Å². The summed E-state index contributed by atoms with van der Waals surface area (Å²) in [7, 11) is 0. The maximum atomic E-state index is 13.2. The lowest BCUT2D eigenvalue weighted by molar-refractivity contribution is -0.190. The number of aromatic nitrogens is 1. The Kier molecular flexibility index (Phi) is 4.25. The van der Waals surface area contributed by atoms with Crippen LogP contribution in [0, 0.1) is 5.92 Å². The van der Waals surface area contributed by atoms with Gasteiger partial charge in [0, 0.05) is 6.20 Å². The van der Waals surface area contributed by atoms with Gasteiger partial charge in [0.2, 0.25) is 5.78 Å². The van der Waals surface area contributed by atoms with Gasteiger partial charge in [0.25, 0.3) is 0 Å². The Morgan fingerprint density at radius 2 is 2.04 bits per heavy atom. The van der Waals surface area contributed by atoms with Crippen LogP contribution in [0.25, 0.3) is 0 Å². The second-order valence-corrected chi connectivity index (χ2v) is 6.36. The maximum absolute atomic E-state index is 13.2. The third kappa shape index (κ3) is 3.10. The number of urea groups is 1. The normalized spacial score (nSPS) is 26.6. The lowest BCUT2D eigenvalue weighted by Gasteiger charge is -2.43. The first-order valence-corrected chi connectivity index (χ1v) is 7.98. The van der Waals surface area contributed by atoms with Crippen molar-refractivity contribution in [1.29, 1.82) is 0 Å². The molecule has 2 aromatic heterocycles. The molecule has 1 saturated heterocycles. The monoisotopic (exact) mass is 371 g/mol. The summed E-state index contributed by atoms with van der Waals surface area (Å²) >= 11 is 0.927. The fourth-order valence-electron chi connectivity index (χ4n) is 2.79. The minimum absolute atomic E-state index is 0.0193. The number of pyridine rings is 1. The second-order valence-electron chi connectivity index (χ2n) is 5.41. The van der Waals surface area contributed by atoms with Gasteiger partial charge in [0.1, 0.15) is 5.92 Å². The van der Waals surface area contributed by atoms with E-state index in [0.29, 0.717) is 0 Å². The molecule has 2 aromatic rings. The zero-order chi connectivity index (χ0) is 18.2. The second kappa shape index (κ2) is 6.12. The SMILES string of the molecule is O=C1NC(c2ccccn2)C(C(=O)C(F)(F)F)C(O)(c2cccs2)N1. The molecule has 1 fully saturated rings. The number of amides is 2. The fourth-order valence-corrected chi connectivity index (χ4v) is 3.60. The Morgan fingerprint density at radius 3 is 2.60 bits per heavy atom. The third-order valence-electron chi connectivity index (χ3n) is 3.84. The van der Waals surface area contributed by atoms with Crippen molar-refractivity contribution in [2.75, 3.05) is 0 Å². The molecular formula is C15H12F3N3O3S. The summed E-state index contributed by atoms with van der Waals surface area (Å²) < 4.78 is 39.6. The molecular weight excluding hydrogens is 359 g/mol. The van der Waals surface area contributed by atoms with E-state index >= 15 is 0 Å². The number of aliphatic hydroxyl groups is 1. The van der Waals surface area contributed by atoms with Crippen molar-refractivity contribution in [3.8, 4) is 0 Å². The first-order valence-electron chi connectivity index (χ1n) is 7.10. The molecule has 3 unspecified atom stereocenters. The highest BCUT2D eigenvalue weighted by molar-refractivity contribution is 7.10. The van der Waals surface area contributed by atoms with Crippen molar-refractivity contribution in [1.82, 2.24) is 15.6 Å². The van der Waals surface area contributed by atoms with E-state index < -0.39 is 35.7 Å². The molecule has 2 amide bonds. The molecule has 0 aromatic carbocycles. The fraction of sp³-hybridized carbons (Fsp3) is 0.267. The molecule has 0 spiro atoms. The molecule has 3 atom stereocenters. The minimum Gasteiger partial charge on any atom is -0.365 e. The molecule has 3 N–H and O–H groups in total. The Hall–Kier alpha value is -2.46. The summed E-state index contributed by atoms with van der Waals surface area (Å²) in [5, 5.41) is 16.8.